The fourth-order valence-electron chi connectivity index (χ4n) is 2.74. The molecule has 0 atom stereocenters. The highest BCUT2D eigenvalue weighted by molar-refractivity contribution is 6.31. The molecule has 0 aliphatic heterocycles. The zero-order chi connectivity index (χ0) is 18.1. The van der Waals surface area contributed by atoms with Crippen molar-refractivity contribution in [1.82, 2.24) is 20.4 Å². The molecule has 0 saturated carbocycles. The summed E-state index contributed by atoms with van der Waals surface area (Å²) < 4.78 is 2.05. The van der Waals surface area contributed by atoms with Gasteiger partial charge in [-0.25, -0.2) is 0 Å². The predicted octanol–water partition coefficient (Wildman–Crippen LogP) is 3.34. The Morgan fingerprint density at radius 3 is 2.52 bits per heavy atom. The summed E-state index contributed by atoms with van der Waals surface area (Å²) in [5.74, 6) is 0.840. The van der Waals surface area contributed by atoms with Crippen molar-refractivity contribution in [3.8, 4) is 0 Å². The molecule has 5 nitrogen and oxygen atoms in total. The minimum absolute atomic E-state index is 0.840. The molecular formula is C19H28ClN5. The first-order chi connectivity index (χ1) is 12.1. The lowest BCUT2D eigenvalue weighted by Crippen LogP contribution is -2.38. The van der Waals surface area contributed by atoms with Crippen LogP contribution in [0.25, 0.3) is 0 Å². The summed E-state index contributed by atoms with van der Waals surface area (Å²) in [6.07, 6.45) is 2.97. The maximum atomic E-state index is 6.18. The van der Waals surface area contributed by atoms with Crippen LogP contribution in [0, 0.1) is 13.8 Å². The van der Waals surface area contributed by atoms with E-state index < -0.39 is 0 Å². The Kier molecular flexibility index (Phi) is 7.79. The molecule has 0 aliphatic rings. The van der Waals surface area contributed by atoms with Crippen molar-refractivity contribution in [1.29, 1.82) is 0 Å². The zero-order valence-electron chi connectivity index (χ0n) is 15.3. The molecule has 0 radical (unpaired) electrons. The Bertz CT molecular complexity index is 693. The van der Waals surface area contributed by atoms with Crippen molar-refractivity contribution >= 4 is 17.6 Å². The summed E-state index contributed by atoms with van der Waals surface area (Å²) in [6.45, 7) is 6.75. The number of hydrogen-bond acceptors (Lipinski definition) is 2. The van der Waals surface area contributed by atoms with Crippen LogP contribution >= 0.6 is 11.6 Å². The van der Waals surface area contributed by atoms with E-state index in [9.17, 15) is 0 Å². The predicted molar refractivity (Wildman–Crippen MR) is 105 cm³/mol. The van der Waals surface area contributed by atoms with Gasteiger partial charge in [0, 0.05) is 37.4 Å². The Morgan fingerprint density at radius 2 is 1.88 bits per heavy atom. The summed E-state index contributed by atoms with van der Waals surface area (Å²) >= 11 is 6.18. The first-order valence-electron chi connectivity index (χ1n) is 8.79. The van der Waals surface area contributed by atoms with Gasteiger partial charge in [-0.1, -0.05) is 29.8 Å². The lowest BCUT2D eigenvalue weighted by atomic mass is 10.1. The normalized spacial score (nSPS) is 11.6. The van der Waals surface area contributed by atoms with E-state index in [-0.39, 0.29) is 0 Å². The molecule has 0 saturated heterocycles. The quantitative estimate of drug-likeness (QED) is 0.430. The molecule has 2 aromatic rings. The van der Waals surface area contributed by atoms with Crippen molar-refractivity contribution in [3.05, 3.63) is 52.3 Å². The second kappa shape index (κ2) is 10.1. The van der Waals surface area contributed by atoms with Crippen LogP contribution < -0.4 is 10.6 Å². The van der Waals surface area contributed by atoms with Crippen LogP contribution in [-0.4, -0.2) is 35.9 Å². The molecule has 0 spiro atoms. The number of hydrogen-bond donors (Lipinski definition) is 2. The van der Waals surface area contributed by atoms with Crippen LogP contribution in [0.3, 0.4) is 0 Å². The molecular weight excluding hydrogens is 334 g/mol. The topological polar surface area (TPSA) is 54.2 Å². The van der Waals surface area contributed by atoms with Crippen LogP contribution in [0.4, 0.5) is 0 Å². The smallest absolute Gasteiger partial charge is 0.190 e. The third kappa shape index (κ3) is 6.42. The molecule has 1 aromatic carbocycles. The van der Waals surface area contributed by atoms with E-state index in [0.717, 1.165) is 55.6 Å². The summed E-state index contributed by atoms with van der Waals surface area (Å²) in [6, 6.07) is 10.1. The highest BCUT2D eigenvalue weighted by atomic mass is 35.5. The van der Waals surface area contributed by atoms with E-state index in [1.54, 1.807) is 7.05 Å². The van der Waals surface area contributed by atoms with E-state index in [2.05, 4.69) is 44.5 Å². The van der Waals surface area contributed by atoms with Crippen LogP contribution in [0.5, 0.6) is 0 Å². The Labute approximate surface area is 155 Å². The van der Waals surface area contributed by atoms with Crippen molar-refractivity contribution in [2.75, 3.05) is 20.1 Å². The molecule has 2 rings (SSSR count). The highest BCUT2D eigenvalue weighted by Gasteiger charge is 2.02. The Balaban J connectivity index is 1.62. The van der Waals surface area contributed by atoms with E-state index >= 15 is 0 Å². The minimum atomic E-state index is 0.840. The molecule has 0 fully saturated rings. The molecule has 1 aromatic heterocycles. The molecule has 136 valence electrons. The first kappa shape index (κ1) is 19.3. The molecule has 6 heteroatoms. The second-order valence-electron chi connectivity index (χ2n) is 6.12. The second-order valence-corrected chi connectivity index (χ2v) is 6.53. The van der Waals surface area contributed by atoms with Gasteiger partial charge in [0.15, 0.2) is 5.96 Å². The largest absolute Gasteiger partial charge is 0.356 e. The Hall–Kier alpha value is -2.01. The zero-order valence-corrected chi connectivity index (χ0v) is 16.1. The van der Waals surface area contributed by atoms with E-state index in [1.807, 2.05) is 25.1 Å². The maximum absolute atomic E-state index is 6.18. The van der Waals surface area contributed by atoms with E-state index in [1.165, 1.54) is 11.3 Å². The maximum Gasteiger partial charge on any atom is 0.190 e. The number of nitrogens with zero attached hydrogens (tertiary/aromatic N) is 3. The third-order valence-electron chi connectivity index (χ3n) is 4.04. The lowest BCUT2D eigenvalue weighted by Gasteiger charge is -2.12. The first-order valence-corrected chi connectivity index (χ1v) is 9.17. The molecule has 0 unspecified atom stereocenters. The van der Waals surface area contributed by atoms with Gasteiger partial charge in [0.1, 0.15) is 0 Å². The molecule has 0 aliphatic carbocycles. The van der Waals surface area contributed by atoms with E-state index in [4.69, 9.17) is 11.6 Å². The number of aryl methyl sites for hydroxylation is 4. The fraction of sp³-hybridized carbons (Fsp3) is 0.474. The van der Waals surface area contributed by atoms with Crippen LogP contribution in [0.2, 0.25) is 5.02 Å². The number of guanidine groups is 1. The van der Waals surface area contributed by atoms with Crippen molar-refractivity contribution in [2.24, 2.45) is 4.99 Å². The highest BCUT2D eigenvalue weighted by Crippen LogP contribution is 2.16. The summed E-state index contributed by atoms with van der Waals surface area (Å²) in [5, 5.41) is 12.0. The number of aromatic nitrogens is 2. The number of benzene rings is 1. The standard InChI is InChI=1S/C19H28ClN5/c1-15-14-16(2)25(24-15)13-7-12-23-19(21-3)22-11-6-9-17-8-4-5-10-18(17)20/h4-5,8,10,14H,6-7,9,11-13H2,1-3H3,(H2,21,22,23). The van der Waals surface area contributed by atoms with Gasteiger partial charge in [0.05, 0.1) is 5.69 Å². The minimum Gasteiger partial charge on any atom is -0.356 e. The van der Waals surface area contributed by atoms with Gasteiger partial charge >= 0.3 is 0 Å². The average Bonchev–Trinajstić information content (AvgIpc) is 2.92. The van der Waals surface area contributed by atoms with Gasteiger partial charge < -0.3 is 10.6 Å². The number of rotatable bonds is 8. The number of nitrogens with one attached hydrogen (secondary N) is 2. The van der Waals surface area contributed by atoms with Gasteiger partial charge in [0.2, 0.25) is 0 Å². The van der Waals surface area contributed by atoms with Gasteiger partial charge in [-0.2, -0.15) is 5.10 Å². The molecule has 2 N–H and O–H groups in total. The monoisotopic (exact) mass is 361 g/mol. The summed E-state index contributed by atoms with van der Waals surface area (Å²) in [4.78, 5) is 4.26. The molecule has 1 heterocycles. The average molecular weight is 362 g/mol. The van der Waals surface area contributed by atoms with Crippen LogP contribution in [0.1, 0.15) is 29.8 Å². The van der Waals surface area contributed by atoms with Crippen molar-refractivity contribution in [2.45, 2.75) is 39.7 Å². The fourth-order valence-corrected chi connectivity index (χ4v) is 2.97. The SMILES string of the molecule is CN=C(NCCCc1ccccc1Cl)NCCCn1nc(C)cc1C. The Morgan fingerprint density at radius 1 is 1.16 bits per heavy atom. The molecule has 25 heavy (non-hydrogen) atoms. The van der Waals surface area contributed by atoms with Gasteiger partial charge in [-0.15, -0.1) is 0 Å². The van der Waals surface area contributed by atoms with Crippen molar-refractivity contribution in [3.63, 3.8) is 0 Å². The van der Waals surface area contributed by atoms with Gasteiger partial charge in [0.25, 0.3) is 0 Å². The van der Waals surface area contributed by atoms with Crippen LogP contribution in [0.15, 0.2) is 35.3 Å². The third-order valence-corrected chi connectivity index (χ3v) is 4.41. The number of halogens is 1. The molecule has 0 bridgehead atoms. The van der Waals surface area contributed by atoms with Gasteiger partial charge in [-0.3, -0.25) is 9.67 Å². The summed E-state index contributed by atoms with van der Waals surface area (Å²) in [5.41, 5.74) is 3.47. The lowest BCUT2D eigenvalue weighted by molar-refractivity contribution is 0.555. The van der Waals surface area contributed by atoms with Crippen LogP contribution in [-0.2, 0) is 13.0 Å². The van der Waals surface area contributed by atoms with Crippen molar-refractivity contribution < 1.29 is 0 Å². The summed E-state index contributed by atoms with van der Waals surface area (Å²) in [7, 11) is 1.80. The molecule has 0 amide bonds. The number of aliphatic imine (C=N–C) groups is 1. The van der Waals surface area contributed by atoms with Gasteiger partial charge in [-0.05, 0) is 50.8 Å². The van der Waals surface area contributed by atoms with E-state index in [0.29, 0.717) is 0 Å².